The molecule has 0 unspecified atom stereocenters. The second kappa shape index (κ2) is 6.36. The van der Waals surface area contributed by atoms with Crippen LogP contribution in [0.1, 0.15) is 35.2 Å². The van der Waals surface area contributed by atoms with E-state index in [1.54, 1.807) is 18.1 Å². The lowest BCUT2D eigenvalue weighted by Crippen LogP contribution is -2.55. The monoisotopic (exact) mass is 357 g/mol. The van der Waals surface area contributed by atoms with Crippen LogP contribution in [0.4, 0.5) is 4.39 Å². The summed E-state index contributed by atoms with van der Waals surface area (Å²) in [6.07, 6.45) is 2.57. The minimum absolute atomic E-state index is 0.0166. The van der Waals surface area contributed by atoms with Crippen molar-refractivity contribution in [2.24, 2.45) is 5.92 Å². The molecule has 2 aliphatic heterocycles. The Morgan fingerprint density at radius 1 is 1.23 bits per heavy atom. The van der Waals surface area contributed by atoms with Gasteiger partial charge < -0.3 is 14.5 Å². The molecule has 1 aromatic carbocycles. The first-order valence-corrected chi connectivity index (χ1v) is 8.87. The molecule has 2 amide bonds. The van der Waals surface area contributed by atoms with E-state index in [1.165, 1.54) is 12.1 Å². The van der Waals surface area contributed by atoms with E-state index >= 15 is 0 Å². The van der Waals surface area contributed by atoms with E-state index in [0.717, 1.165) is 25.3 Å². The molecule has 0 aromatic heterocycles. The van der Waals surface area contributed by atoms with Crippen molar-refractivity contribution in [2.45, 2.75) is 37.5 Å². The average molecular weight is 357 g/mol. The van der Waals surface area contributed by atoms with Crippen molar-refractivity contribution in [2.75, 3.05) is 20.2 Å². The maximum Gasteiger partial charge on any atom is 0.254 e. The Kier molecular flexibility index (Phi) is 4.16. The SMILES string of the molecule is CO[C@@H]1CC[C@H]1C(=O)N1C[C@@H]2C[C@H]1CN2C(=O)c1ccc(F)c(C#N)c1. The van der Waals surface area contributed by atoms with Crippen molar-refractivity contribution in [3.05, 3.63) is 35.1 Å². The topological polar surface area (TPSA) is 73.6 Å². The molecule has 1 saturated carbocycles. The Morgan fingerprint density at radius 2 is 1.96 bits per heavy atom. The predicted octanol–water partition coefficient (Wildman–Crippen LogP) is 1.55. The quantitative estimate of drug-likeness (QED) is 0.823. The largest absolute Gasteiger partial charge is 0.381 e. The Labute approximate surface area is 151 Å². The van der Waals surface area contributed by atoms with Crippen molar-refractivity contribution in [3.63, 3.8) is 0 Å². The zero-order chi connectivity index (χ0) is 18.4. The fraction of sp³-hybridized carbons (Fsp3) is 0.526. The molecule has 1 aromatic rings. The van der Waals surface area contributed by atoms with Gasteiger partial charge in [0.1, 0.15) is 11.9 Å². The molecule has 1 aliphatic carbocycles. The van der Waals surface area contributed by atoms with E-state index in [-0.39, 0.29) is 41.5 Å². The summed E-state index contributed by atoms with van der Waals surface area (Å²) in [5.41, 5.74) is 0.180. The van der Waals surface area contributed by atoms with E-state index in [0.29, 0.717) is 18.7 Å². The number of nitriles is 1. The molecule has 26 heavy (non-hydrogen) atoms. The number of fused-ring (bicyclic) bond motifs is 2. The Morgan fingerprint density at radius 3 is 2.54 bits per heavy atom. The molecule has 2 saturated heterocycles. The second-order valence-corrected chi connectivity index (χ2v) is 7.26. The molecule has 0 N–H and O–H groups in total. The van der Waals surface area contributed by atoms with Crippen LogP contribution in [0.2, 0.25) is 0 Å². The maximum absolute atomic E-state index is 13.5. The first-order chi connectivity index (χ1) is 12.5. The third kappa shape index (κ3) is 2.56. The number of carbonyl (C=O) groups excluding carboxylic acids is 2. The summed E-state index contributed by atoms with van der Waals surface area (Å²) in [7, 11) is 1.64. The summed E-state index contributed by atoms with van der Waals surface area (Å²) in [4.78, 5) is 29.1. The molecular formula is C19H20FN3O3. The molecule has 4 atom stereocenters. The number of hydrogen-bond donors (Lipinski definition) is 0. The van der Waals surface area contributed by atoms with Gasteiger partial charge in [-0.15, -0.1) is 0 Å². The molecule has 136 valence electrons. The number of hydrogen-bond acceptors (Lipinski definition) is 4. The molecule has 4 rings (SSSR count). The Hall–Kier alpha value is -2.46. The highest BCUT2D eigenvalue weighted by Crippen LogP contribution is 2.37. The summed E-state index contributed by atoms with van der Waals surface area (Å²) in [6.45, 7) is 1.02. The van der Waals surface area contributed by atoms with Crippen LogP contribution in [0, 0.1) is 23.1 Å². The molecular weight excluding hydrogens is 337 g/mol. The number of methoxy groups -OCH3 is 1. The van der Waals surface area contributed by atoms with Gasteiger partial charge in [0.15, 0.2) is 0 Å². The third-order valence-corrected chi connectivity index (χ3v) is 5.95. The van der Waals surface area contributed by atoms with Gasteiger partial charge in [-0.1, -0.05) is 0 Å². The van der Waals surface area contributed by atoms with Crippen LogP contribution in [-0.2, 0) is 9.53 Å². The average Bonchev–Trinajstić information content (AvgIpc) is 3.21. The third-order valence-electron chi connectivity index (χ3n) is 5.95. The molecule has 2 bridgehead atoms. The molecule has 7 heteroatoms. The van der Waals surface area contributed by atoms with Crippen molar-refractivity contribution in [1.82, 2.24) is 9.80 Å². The number of nitrogens with zero attached hydrogens (tertiary/aromatic N) is 3. The number of halogens is 1. The number of likely N-dealkylation sites (tertiary alicyclic amines) is 2. The van der Waals surface area contributed by atoms with E-state index < -0.39 is 5.82 Å². The Balaban J connectivity index is 1.44. The van der Waals surface area contributed by atoms with Crippen LogP contribution in [0.15, 0.2) is 18.2 Å². The lowest BCUT2D eigenvalue weighted by atomic mass is 9.80. The number of ether oxygens (including phenoxy) is 1. The fourth-order valence-electron chi connectivity index (χ4n) is 4.34. The van der Waals surface area contributed by atoms with Gasteiger partial charge in [-0.2, -0.15) is 5.26 Å². The van der Waals surface area contributed by atoms with Gasteiger partial charge in [-0.3, -0.25) is 9.59 Å². The van der Waals surface area contributed by atoms with Gasteiger partial charge >= 0.3 is 0 Å². The number of amides is 2. The van der Waals surface area contributed by atoms with Gasteiger partial charge in [0.05, 0.1) is 29.7 Å². The molecule has 0 spiro atoms. The van der Waals surface area contributed by atoms with Gasteiger partial charge in [-0.25, -0.2) is 4.39 Å². The van der Waals surface area contributed by atoms with Gasteiger partial charge in [0.2, 0.25) is 5.91 Å². The normalized spacial score (nSPS) is 29.4. The second-order valence-electron chi connectivity index (χ2n) is 7.26. The van der Waals surface area contributed by atoms with Crippen molar-refractivity contribution in [3.8, 4) is 6.07 Å². The van der Waals surface area contributed by atoms with Gasteiger partial charge in [0.25, 0.3) is 5.91 Å². The molecule has 6 nitrogen and oxygen atoms in total. The summed E-state index contributed by atoms with van der Waals surface area (Å²) in [6, 6.07) is 5.63. The number of piperazine rings is 1. The minimum atomic E-state index is -0.628. The van der Waals surface area contributed by atoms with E-state index in [9.17, 15) is 14.0 Å². The lowest BCUT2D eigenvalue weighted by molar-refractivity contribution is -0.149. The van der Waals surface area contributed by atoms with Crippen LogP contribution in [-0.4, -0.2) is 60.0 Å². The highest BCUT2D eigenvalue weighted by atomic mass is 19.1. The van der Waals surface area contributed by atoms with Crippen molar-refractivity contribution in [1.29, 1.82) is 5.26 Å². The number of rotatable bonds is 3. The zero-order valence-electron chi connectivity index (χ0n) is 14.5. The minimum Gasteiger partial charge on any atom is -0.381 e. The summed E-state index contributed by atoms with van der Waals surface area (Å²) in [5.74, 6) is -0.758. The van der Waals surface area contributed by atoms with Gasteiger partial charge in [-0.05, 0) is 37.5 Å². The van der Waals surface area contributed by atoms with Crippen LogP contribution in [0.25, 0.3) is 0 Å². The lowest BCUT2D eigenvalue weighted by Gasteiger charge is -2.41. The fourth-order valence-corrected chi connectivity index (χ4v) is 4.34. The molecule has 3 fully saturated rings. The van der Waals surface area contributed by atoms with Crippen LogP contribution in [0.3, 0.4) is 0 Å². The standard InChI is InChI=1S/C19H20FN3O3/c1-26-17-5-3-15(17)19(25)23-10-13-7-14(23)9-22(13)18(24)11-2-4-16(20)12(6-11)8-21/h2,4,6,13-15,17H,3,5,7,9-10H2,1H3/t13-,14-,15+,17+/m0/s1. The summed E-state index contributed by atoms with van der Waals surface area (Å²) < 4.78 is 18.8. The highest BCUT2D eigenvalue weighted by Gasteiger charge is 2.50. The number of carbonyl (C=O) groups is 2. The molecule has 3 aliphatic rings. The molecule has 2 heterocycles. The number of benzene rings is 1. The van der Waals surface area contributed by atoms with Gasteiger partial charge in [0, 0.05) is 25.8 Å². The Bertz CT molecular complexity index is 804. The molecule has 0 radical (unpaired) electrons. The van der Waals surface area contributed by atoms with Crippen LogP contribution < -0.4 is 0 Å². The summed E-state index contributed by atoms with van der Waals surface area (Å²) >= 11 is 0. The zero-order valence-corrected chi connectivity index (χ0v) is 14.5. The van der Waals surface area contributed by atoms with E-state index in [1.807, 2.05) is 4.90 Å². The van der Waals surface area contributed by atoms with E-state index in [2.05, 4.69) is 0 Å². The highest BCUT2D eigenvalue weighted by molar-refractivity contribution is 5.95. The smallest absolute Gasteiger partial charge is 0.254 e. The summed E-state index contributed by atoms with van der Waals surface area (Å²) in [5, 5.41) is 8.94. The van der Waals surface area contributed by atoms with Crippen LogP contribution in [0.5, 0.6) is 0 Å². The van der Waals surface area contributed by atoms with Crippen LogP contribution >= 0.6 is 0 Å². The van der Waals surface area contributed by atoms with Crippen molar-refractivity contribution >= 4 is 11.8 Å². The van der Waals surface area contributed by atoms with E-state index in [4.69, 9.17) is 10.00 Å². The maximum atomic E-state index is 13.5. The first-order valence-electron chi connectivity index (χ1n) is 8.87. The first kappa shape index (κ1) is 17.0. The predicted molar refractivity (Wildman–Crippen MR) is 89.6 cm³/mol. The van der Waals surface area contributed by atoms with Crippen molar-refractivity contribution < 1.29 is 18.7 Å².